The van der Waals surface area contributed by atoms with Crippen LogP contribution in [0.3, 0.4) is 0 Å². The predicted octanol–water partition coefficient (Wildman–Crippen LogP) is 4.21. The third-order valence-corrected chi connectivity index (χ3v) is 5.09. The number of aryl methyl sites for hydroxylation is 2. The Bertz CT molecular complexity index is 892. The van der Waals surface area contributed by atoms with Crippen LogP contribution in [-0.2, 0) is 17.6 Å². The summed E-state index contributed by atoms with van der Waals surface area (Å²) in [4.78, 5) is 18.7. The van der Waals surface area contributed by atoms with Gasteiger partial charge in [0.1, 0.15) is 11.9 Å². The second-order valence-electron chi connectivity index (χ2n) is 6.32. The number of nitrogens with zero attached hydrogens (tertiary/aromatic N) is 3. The Morgan fingerprint density at radius 1 is 1.27 bits per heavy atom. The molecule has 134 valence electrons. The van der Waals surface area contributed by atoms with Crippen LogP contribution in [0.4, 0.5) is 11.5 Å². The first-order valence-corrected chi connectivity index (χ1v) is 9.12. The lowest BCUT2D eigenvalue weighted by molar-refractivity contribution is -0.114. The second-order valence-corrected chi connectivity index (χ2v) is 7.13. The first-order valence-electron chi connectivity index (χ1n) is 8.37. The van der Waals surface area contributed by atoms with Gasteiger partial charge in [0.25, 0.3) is 0 Å². The summed E-state index contributed by atoms with van der Waals surface area (Å²) in [7, 11) is 1.76. The summed E-state index contributed by atoms with van der Waals surface area (Å²) in [5.74, 6) is 0.312. The van der Waals surface area contributed by atoms with Crippen molar-refractivity contribution in [3.05, 3.63) is 51.1 Å². The Morgan fingerprint density at radius 3 is 2.77 bits per heavy atom. The number of likely N-dealkylation sites (N-methyl/N-ethyl adjacent to an activating group) is 1. The minimum absolute atomic E-state index is 0.0702. The number of amides is 1. The minimum atomic E-state index is -0.228. The normalized spacial score (nSPS) is 12.8. The molecule has 1 aromatic carbocycles. The molecule has 2 aromatic rings. The van der Waals surface area contributed by atoms with Gasteiger partial charge in [-0.25, -0.2) is 4.98 Å². The first-order chi connectivity index (χ1) is 12.5. The highest BCUT2D eigenvalue weighted by Crippen LogP contribution is 2.27. The number of pyridine rings is 1. The molecule has 7 heteroatoms. The highest BCUT2D eigenvalue weighted by Gasteiger charge is 2.19. The van der Waals surface area contributed by atoms with Crippen LogP contribution < -0.4 is 10.2 Å². The van der Waals surface area contributed by atoms with Crippen molar-refractivity contribution in [1.29, 1.82) is 5.26 Å². The van der Waals surface area contributed by atoms with Gasteiger partial charge in [0.2, 0.25) is 5.91 Å². The van der Waals surface area contributed by atoms with Crippen molar-refractivity contribution in [2.75, 3.05) is 23.8 Å². The van der Waals surface area contributed by atoms with Crippen molar-refractivity contribution in [1.82, 2.24) is 4.98 Å². The summed E-state index contributed by atoms with van der Waals surface area (Å²) in [6.07, 6.45) is 4.10. The van der Waals surface area contributed by atoms with E-state index in [1.165, 1.54) is 0 Å². The van der Waals surface area contributed by atoms with Crippen LogP contribution in [0.15, 0.2) is 24.3 Å². The lowest BCUT2D eigenvalue weighted by Crippen LogP contribution is -2.31. The van der Waals surface area contributed by atoms with Crippen molar-refractivity contribution in [3.8, 4) is 6.07 Å². The molecule has 0 atom stereocenters. The van der Waals surface area contributed by atoms with Gasteiger partial charge < -0.3 is 10.2 Å². The quantitative estimate of drug-likeness (QED) is 0.851. The van der Waals surface area contributed by atoms with Gasteiger partial charge in [-0.1, -0.05) is 23.2 Å². The molecule has 3 rings (SSSR count). The number of halogens is 2. The molecule has 1 aromatic heterocycles. The molecule has 0 fully saturated rings. The van der Waals surface area contributed by atoms with Crippen LogP contribution in [0.25, 0.3) is 0 Å². The summed E-state index contributed by atoms with van der Waals surface area (Å²) in [6.45, 7) is 0.0702. The zero-order valence-electron chi connectivity index (χ0n) is 14.4. The fraction of sp³-hybridized carbons (Fsp3) is 0.316. The van der Waals surface area contributed by atoms with Crippen molar-refractivity contribution in [2.24, 2.45) is 0 Å². The van der Waals surface area contributed by atoms with E-state index in [-0.39, 0.29) is 12.5 Å². The van der Waals surface area contributed by atoms with Gasteiger partial charge >= 0.3 is 0 Å². The molecule has 0 saturated carbocycles. The zero-order valence-corrected chi connectivity index (χ0v) is 15.9. The highest BCUT2D eigenvalue weighted by atomic mass is 35.5. The fourth-order valence-corrected chi connectivity index (χ4v) is 3.36. The van der Waals surface area contributed by atoms with E-state index in [2.05, 4.69) is 16.4 Å². The first kappa shape index (κ1) is 18.5. The predicted molar refractivity (Wildman–Crippen MR) is 104 cm³/mol. The zero-order chi connectivity index (χ0) is 18.7. The van der Waals surface area contributed by atoms with E-state index >= 15 is 0 Å². The summed E-state index contributed by atoms with van der Waals surface area (Å²) in [5, 5.41) is 13.0. The SMILES string of the molecule is CN(CC(=O)Nc1ccc(Cl)c(Cl)c1)c1nc2c(cc1C#N)CCCC2. The topological polar surface area (TPSA) is 69.0 Å². The second kappa shape index (κ2) is 7.94. The molecule has 0 bridgehead atoms. The van der Waals surface area contributed by atoms with Gasteiger partial charge in [0.05, 0.1) is 22.2 Å². The van der Waals surface area contributed by atoms with Crippen LogP contribution in [0.1, 0.15) is 29.7 Å². The molecule has 1 amide bonds. The van der Waals surface area contributed by atoms with E-state index in [1.807, 2.05) is 6.07 Å². The Morgan fingerprint density at radius 2 is 2.04 bits per heavy atom. The molecular formula is C19H18Cl2N4O. The van der Waals surface area contributed by atoms with E-state index in [0.29, 0.717) is 27.1 Å². The van der Waals surface area contributed by atoms with E-state index in [1.54, 1.807) is 30.1 Å². The van der Waals surface area contributed by atoms with Crippen LogP contribution >= 0.6 is 23.2 Å². The number of hydrogen-bond acceptors (Lipinski definition) is 4. The van der Waals surface area contributed by atoms with Crippen molar-refractivity contribution in [2.45, 2.75) is 25.7 Å². The van der Waals surface area contributed by atoms with Crippen LogP contribution in [-0.4, -0.2) is 24.5 Å². The average Bonchev–Trinajstić information content (AvgIpc) is 2.63. The Balaban J connectivity index is 1.74. The Labute approximate surface area is 162 Å². The van der Waals surface area contributed by atoms with Gasteiger partial charge in [-0.3, -0.25) is 4.79 Å². The number of nitriles is 1. The number of aromatic nitrogens is 1. The standard InChI is InChI=1S/C19H18Cl2N4O/c1-25(11-18(26)23-14-6-7-15(20)16(21)9-14)19-13(10-22)8-12-4-2-3-5-17(12)24-19/h6-9H,2-5,11H2,1H3,(H,23,26). The summed E-state index contributed by atoms with van der Waals surface area (Å²) < 4.78 is 0. The number of benzene rings is 1. The van der Waals surface area contributed by atoms with Crippen molar-refractivity contribution in [3.63, 3.8) is 0 Å². The summed E-state index contributed by atoms with van der Waals surface area (Å²) in [5.41, 5.74) is 3.24. The molecule has 1 N–H and O–H groups in total. The van der Waals surface area contributed by atoms with Crippen LogP contribution in [0, 0.1) is 11.3 Å². The van der Waals surface area contributed by atoms with Gasteiger partial charge in [-0.15, -0.1) is 0 Å². The molecular weight excluding hydrogens is 371 g/mol. The average molecular weight is 389 g/mol. The number of rotatable bonds is 4. The molecule has 0 unspecified atom stereocenters. The molecule has 1 heterocycles. The largest absolute Gasteiger partial charge is 0.349 e. The molecule has 5 nitrogen and oxygen atoms in total. The molecule has 26 heavy (non-hydrogen) atoms. The Kier molecular flexibility index (Phi) is 5.65. The lowest BCUT2D eigenvalue weighted by atomic mass is 9.95. The third-order valence-electron chi connectivity index (χ3n) is 4.35. The number of nitrogens with one attached hydrogen (secondary N) is 1. The van der Waals surface area contributed by atoms with Gasteiger partial charge in [0, 0.05) is 18.4 Å². The van der Waals surface area contributed by atoms with Crippen molar-refractivity contribution < 1.29 is 4.79 Å². The molecule has 1 aliphatic carbocycles. The maximum atomic E-state index is 12.3. The van der Waals surface area contributed by atoms with Crippen LogP contribution in [0.5, 0.6) is 0 Å². The molecule has 0 aliphatic heterocycles. The smallest absolute Gasteiger partial charge is 0.243 e. The number of fused-ring (bicyclic) bond motifs is 1. The van der Waals surface area contributed by atoms with Gasteiger partial charge in [-0.05, 0) is 55.5 Å². The van der Waals surface area contributed by atoms with Gasteiger partial charge in [0.15, 0.2) is 0 Å². The van der Waals surface area contributed by atoms with Gasteiger partial charge in [-0.2, -0.15) is 5.26 Å². The summed E-state index contributed by atoms with van der Waals surface area (Å²) in [6, 6.07) is 9.01. The molecule has 0 spiro atoms. The Hall–Kier alpha value is -2.29. The van der Waals surface area contributed by atoms with Crippen molar-refractivity contribution >= 4 is 40.6 Å². The number of hydrogen-bond donors (Lipinski definition) is 1. The minimum Gasteiger partial charge on any atom is -0.349 e. The highest BCUT2D eigenvalue weighted by molar-refractivity contribution is 6.42. The van der Waals surface area contributed by atoms with E-state index in [9.17, 15) is 10.1 Å². The molecule has 1 aliphatic rings. The van der Waals surface area contributed by atoms with Crippen LogP contribution in [0.2, 0.25) is 10.0 Å². The maximum absolute atomic E-state index is 12.3. The molecule has 0 radical (unpaired) electrons. The lowest BCUT2D eigenvalue weighted by Gasteiger charge is -2.22. The van der Waals surface area contributed by atoms with E-state index in [4.69, 9.17) is 23.2 Å². The van der Waals surface area contributed by atoms with E-state index in [0.717, 1.165) is 36.9 Å². The van der Waals surface area contributed by atoms with E-state index < -0.39 is 0 Å². The maximum Gasteiger partial charge on any atom is 0.243 e. The fourth-order valence-electron chi connectivity index (χ4n) is 3.06. The number of carbonyl (C=O) groups is 1. The third kappa shape index (κ3) is 4.09. The summed E-state index contributed by atoms with van der Waals surface area (Å²) >= 11 is 11.8. The number of anilines is 2. The monoisotopic (exact) mass is 388 g/mol. The molecule has 0 saturated heterocycles. The number of carbonyl (C=O) groups excluding carboxylic acids is 1.